The van der Waals surface area contributed by atoms with Crippen LogP contribution in [0.5, 0.6) is 0 Å². The lowest BCUT2D eigenvalue weighted by molar-refractivity contribution is 0.577. The van der Waals surface area contributed by atoms with Crippen molar-refractivity contribution < 1.29 is 4.42 Å². The molecule has 0 spiro atoms. The summed E-state index contributed by atoms with van der Waals surface area (Å²) >= 11 is 5.75. The summed E-state index contributed by atoms with van der Waals surface area (Å²) in [6, 6.07) is 6.12. The van der Waals surface area contributed by atoms with Crippen LogP contribution in [0, 0.1) is 10.5 Å². The van der Waals surface area contributed by atoms with Gasteiger partial charge in [0.25, 0.3) is 0 Å². The first-order valence-corrected chi connectivity index (χ1v) is 5.40. The molecule has 1 heterocycles. The Balaban J connectivity index is 2.93. The number of halogens is 2. The molecule has 0 atom stereocenters. The highest BCUT2D eigenvalue weighted by Gasteiger charge is 2.06. The molecule has 3 heteroatoms. The molecule has 0 aliphatic carbocycles. The molecule has 0 fully saturated rings. The Kier molecular flexibility index (Phi) is 2.16. The maximum atomic E-state index is 5.54. The molecule has 2 rings (SSSR count). The van der Waals surface area contributed by atoms with Gasteiger partial charge in [0.15, 0.2) is 0 Å². The molecule has 1 nitrogen and oxygen atoms in total. The highest BCUT2D eigenvalue weighted by atomic mass is 127. The van der Waals surface area contributed by atoms with Gasteiger partial charge in [-0.1, -0.05) is 15.9 Å². The Bertz CT molecular complexity index is 394. The molecule has 1 aromatic heterocycles. The van der Waals surface area contributed by atoms with E-state index >= 15 is 0 Å². The number of furan rings is 1. The molecule has 0 unspecified atom stereocenters. The van der Waals surface area contributed by atoms with E-state index in [1.54, 1.807) is 0 Å². The third-order valence-corrected chi connectivity index (χ3v) is 3.25. The first-order valence-electron chi connectivity index (χ1n) is 3.52. The monoisotopic (exact) mass is 336 g/mol. The van der Waals surface area contributed by atoms with Gasteiger partial charge in [-0.2, -0.15) is 0 Å². The number of aryl methyl sites for hydroxylation is 1. The van der Waals surface area contributed by atoms with Gasteiger partial charge in [0, 0.05) is 9.86 Å². The van der Waals surface area contributed by atoms with E-state index in [-0.39, 0.29) is 0 Å². The zero-order chi connectivity index (χ0) is 8.72. The summed E-state index contributed by atoms with van der Waals surface area (Å²) in [7, 11) is 0. The smallest absolute Gasteiger partial charge is 0.148 e. The first kappa shape index (κ1) is 8.56. The van der Waals surface area contributed by atoms with Crippen LogP contribution in [0.15, 0.2) is 27.1 Å². The molecule has 0 radical (unpaired) electrons. The molecule has 0 bridgehead atoms. The van der Waals surface area contributed by atoms with Crippen LogP contribution in [-0.2, 0) is 0 Å². The van der Waals surface area contributed by atoms with Crippen LogP contribution in [0.2, 0.25) is 0 Å². The fourth-order valence-electron chi connectivity index (χ4n) is 1.18. The fourth-order valence-corrected chi connectivity index (χ4v) is 2.19. The molecule has 0 aliphatic heterocycles. The normalized spacial score (nSPS) is 10.9. The Morgan fingerprint density at radius 3 is 2.83 bits per heavy atom. The van der Waals surface area contributed by atoms with Gasteiger partial charge < -0.3 is 4.42 Å². The van der Waals surface area contributed by atoms with Gasteiger partial charge in [-0.05, 0) is 47.7 Å². The van der Waals surface area contributed by atoms with Crippen LogP contribution in [0.4, 0.5) is 0 Å². The SMILES string of the molecule is Cc1cc2c(Br)ccc(I)c2o1. The second-order valence-corrected chi connectivity index (χ2v) is 4.65. The predicted octanol–water partition coefficient (Wildman–Crippen LogP) is 4.11. The number of fused-ring (bicyclic) bond motifs is 1. The van der Waals surface area contributed by atoms with E-state index in [9.17, 15) is 0 Å². The molecule has 62 valence electrons. The van der Waals surface area contributed by atoms with E-state index in [4.69, 9.17) is 4.42 Å². The maximum absolute atomic E-state index is 5.54. The lowest BCUT2D eigenvalue weighted by Gasteiger charge is -1.93. The van der Waals surface area contributed by atoms with Crippen molar-refractivity contribution in [3.8, 4) is 0 Å². The molecule has 0 N–H and O–H groups in total. The molecular formula is C9H6BrIO. The van der Waals surface area contributed by atoms with E-state index in [1.165, 1.54) is 0 Å². The summed E-state index contributed by atoms with van der Waals surface area (Å²) in [5.41, 5.74) is 0.975. The Hall–Kier alpha value is -0.0300. The molecule has 2 aromatic rings. The minimum atomic E-state index is 0.954. The molecule has 0 saturated heterocycles. The minimum absolute atomic E-state index is 0.954. The van der Waals surface area contributed by atoms with E-state index in [0.29, 0.717) is 0 Å². The Morgan fingerprint density at radius 1 is 1.42 bits per heavy atom. The van der Waals surface area contributed by atoms with Crippen LogP contribution < -0.4 is 0 Å². The largest absolute Gasteiger partial charge is 0.460 e. The summed E-state index contributed by atoms with van der Waals surface area (Å²) < 4.78 is 7.79. The maximum Gasteiger partial charge on any atom is 0.148 e. The van der Waals surface area contributed by atoms with Crippen LogP contribution in [0.3, 0.4) is 0 Å². The Labute approximate surface area is 92.4 Å². The van der Waals surface area contributed by atoms with Crippen LogP contribution >= 0.6 is 38.5 Å². The van der Waals surface area contributed by atoms with Crippen LogP contribution in [0.25, 0.3) is 11.0 Å². The molecular weight excluding hydrogens is 331 g/mol. The number of benzene rings is 1. The summed E-state index contributed by atoms with van der Waals surface area (Å²) in [6.07, 6.45) is 0. The minimum Gasteiger partial charge on any atom is -0.460 e. The highest BCUT2D eigenvalue weighted by Crippen LogP contribution is 2.30. The third kappa shape index (κ3) is 1.29. The van der Waals surface area contributed by atoms with Crippen molar-refractivity contribution in [2.45, 2.75) is 6.92 Å². The first-order chi connectivity index (χ1) is 5.68. The van der Waals surface area contributed by atoms with Gasteiger partial charge in [-0.15, -0.1) is 0 Å². The van der Waals surface area contributed by atoms with Gasteiger partial charge in [-0.25, -0.2) is 0 Å². The molecule has 1 aromatic carbocycles. The molecule has 0 aliphatic rings. The summed E-state index contributed by atoms with van der Waals surface area (Å²) in [6.45, 7) is 1.96. The van der Waals surface area contributed by atoms with Crippen molar-refractivity contribution in [3.05, 3.63) is 32.0 Å². The fraction of sp³-hybridized carbons (Fsp3) is 0.111. The zero-order valence-electron chi connectivity index (χ0n) is 6.40. The Morgan fingerprint density at radius 2 is 2.17 bits per heavy atom. The average Bonchev–Trinajstić information content (AvgIpc) is 2.41. The number of hydrogen-bond donors (Lipinski definition) is 0. The average molecular weight is 337 g/mol. The standard InChI is InChI=1S/C9H6BrIO/c1-5-4-6-7(10)2-3-8(11)9(6)12-5/h2-4H,1H3. The summed E-state index contributed by atoms with van der Waals surface area (Å²) in [4.78, 5) is 0. The van der Waals surface area contributed by atoms with Crippen molar-refractivity contribution >= 4 is 49.5 Å². The van der Waals surface area contributed by atoms with Gasteiger partial charge in [0.05, 0.1) is 3.57 Å². The van der Waals surface area contributed by atoms with Crippen LogP contribution in [0.1, 0.15) is 5.76 Å². The van der Waals surface area contributed by atoms with Crippen molar-refractivity contribution in [2.24, 2.45) is 0 Å². The van der Waals surface area contributed by atoms with Crippen LogP contribution in [-0.4, -0.2) is 0 Å². The summed E-state index contributed by atoms with van der Waals surface area (Å²) in [5.74, 6) is 0.954. The lowest BCUT2D eigenvalue weighted by Crippen LogP contribution is -1.72. The van der Waals surface area contributed by atoms with E-state index in [0.717, 1.165) is 24.8 Å². The van der Waals surface area contributed by atoms with Gasteiger partial charge in [0.2, 0.25) is 0 Å². The summed E-state index contributed by atoms with van der Waals surface area (Å²) in [5, 5.41) is 1.15. The van der Waals surface area contributed by atoms with Gasteiger partial charge >= 0.3 is 0 Å². The zero-order valence-corrected chi connectivity index (χ0v) is 10.1. The molecule has 0 amide bonds. The molecule has 0 saturated carbocycles. The third-order valence-electron chi connectivity index (χ3n) is 1.71. The van der Waals surface area contributed by atoms with Crippen molar-refractivity contribution in [2.75, 3.05) is 0 Å². The van der Waals surface area contributed by atoms with Gasteiger partial charge in [-0.3, -0.25) is 0 Å². The predicted molar refractivity (Wildman–Crippen MR) is 61.4 cm³/mol. The topological polar surface area (TPSA) is 13.1 Å². The number of rotatable bonds is 0. The quantitative estimate of drug-likeness (QED) is 0.660. The van der Waals surface area contributed by atoms with E-state index in [1.807, 2.05) is 25.1 Å². The van der Waals surface area contributed by atoms with Crippen molar-refractivity contribution in [1.82, 2.24) is 0 Å². The van der Waals surface area contributed by atoms with Gasteiger partial charge in [0.1, 0.15) is 11.3 Å². The number of hydrogen-bond acceptors (Lipinski definition) is 1. The molecule has 12 heavy (non-hydrogen) atoms. The van der Waals surface area contributed by atoms with E-state index in [2.05, 4.69) is 38.5 Å². The van der Waals surface area contributed by atoms with Crippen molar-refractivity contribution in [3.63, 3.8) is 0 Å². The second-order valence-electron chi connectivity index (χ2n) is 2.63. The van der Waals surface area contributed by atoms with Crippen molar-refractivity contribution in [1.29, 1.82) is 0 Å². The van der Waals surface area contributed by atoms with E-state index < -0.39 is 0 Å². The highest BCUT2D eigenvalue weighted by molar-refractivity contribution is 14.1. The lowest BCUT2D eigenvalue weighted by atomic mass is 10.2. The second kappa shape index (κ2) is 3.03.